The average Bonchev–Trinajstić information content (AvgIpc) is 2.97. The van der Waals surface area contributed by atoms with Crippen LogP contribution in [0.3, 0.4) is 0 Å². The minimum Gasteiger partial charge on any atom is -0.228 e. The van der Waals surface area contributed by atoms with E-state index in [4.69, 9.17) is 9.97 Å². The van der Waals surface area contributed by atoms with Crippen molar-refractivity contribution >= 4 is 22.7 Å². The van der Waals surface area contributed by atoms with Gasteiger partial charge in [-0.25, -0.2) is 9.97 Å². The van der Waals surface area contributed by atoms with Crippen LogP contribution in [0.1, 0.15) is 25.0 Å². The molecule has 2 heterocycles. The highest BCUT2D eigenvalue weighted by Crippen LogP contribution is 2.49. The molecule has 0 N–H and O–H groups in total. The van der Waals surface area contributed by atoms with E-state index in [0.717, 1.165) is 33.5 Å². The Balaban J connectivity index is 1.34. The zero-order chi connectivity index (χ0) is 25.7. The maximum atomic E-state index is 5.15. The van der Waals surface area contributed by atoms with Crippen LogP contribution in [-0.2, 0) is 5.41 Å². The van der Waals surface area contributed by atoms with Crippen molar-refractivity contribution in [2.75, 3.05) is 0 Å². The van der Waals surface area contributed by atoms with Crippen LogP contribution < -0.4 is 0 Å². The number of aromatic nitrogens is 2. The van der Waals surface area contributed by atoms with Gasteiger partial charge in [-0.1, -0.05) is 129 Å². The van der Waals surface area contributed by atoms with Gasteiger partial charge in [0.05, 0.1) is 11.2 Å². The van der Waals surface area contributed by atoms with Crippen LogP contribution in [0.2, 0.25) is 0 Å². The zero-order valence-corrected chi connectivity index (χ0v) is 22.2. The minimum absolute atomic E-state index is 0.0500. The number of para-hydroxylation sites is 1. The van der Waals surface area contributed by atoms with Gasteiger partial charge in [-0.2, -0.15) is 0 Å². The highest BCUT2D eigenvalue weighted by molar-refractivity contribution is 7.99. The number of hydrogen-bond acceptors (Lipinski definition) is 3. The molecule has 0 atom stereocenters. The van der Waals surface area contributed by atoms with Gasteiger partial charge < -0.3 is 0 Å². The smallest absolute Gasteiger partial charge is 0.160 e. The number of fused-ring (bicyclic) bond motifs is 3. The Kier molecular flexibility index (Phi) is 5.41. The number of hydrogen-bond donors (Lipinski definition) is 0. The van der Waals surface area contributed by atoms with E-state index in [9.17, 15) is 0 Å². The van der Waals surface area contributed by atoms with E-state index in [-0.39, 0.29) is 5.41 Å². The Labute approximate surface area is 227 Å². The van der Waals surface area contributed by atoms with Crippen molar-refractivity contribution in [2.24, 2.45) is 0 Å². The number of nitrogens with zero attached hydrogens (tertiary/aromatic N) is 2. The Hall–Kier alpha value is -4.21. The van der Waals surface area contributed by atoms with E-state index in [1.54, 1.807) is 0 Å². The normalized spacial score (nSPS) is 13.6. The molecule has 0 radical (unpaired) electrons. The summed E-state index contributed by atoms with van der Waals surface area (Å²) >= 11 is 1.84. The summed E-state index contributed by atoms with van der Waals surface area (Å²) in [4.78, 5) is 12.8. The first-order valence-electron chi connectivity index (χ1n) is 12.9. The first-order chi connectivity index (χ1) is 18.6. The van der Waals surface area contributed by atoms with Crippen molar-refractivity contribution in [3.05, 3.63) is 132 Å². The van der Waals surface area contributed by atoms with Gasteiger partial charge in [-0.3, -0.25) is 0 Å². The summed E-state index contributed by atoms with van der Waals surface area (Å²) in [5.41, 5.74) is 9.14. The second-order valence-corrected chi connectivity index (χ2v) is 11.4. The molecule has 182 valence electrons. The van der Waals surface area contributed by atoms with Crippen LogP contribution in [0.4, 0.5) is 0 Å². The predicted octanol–water partition coefficient (Wildman–Crippen LogP) is 9.42. The van der Waals surface area contributed by atoms with Crippen molar-refractivity contribution in [3.8, 4) is 33.8 Å². The van der Waals surface area contributed by atoms with E-state index in [2.05, 4.69) is 123 Å². The molecule has 0 spiro atoms. The fraction of sp³-hybridized carbons (Fsp3) is 0.0857. The molecule has 0 fully saturated rings. The maximum absolute atomic E-state index is 5.15. The Morgan fingerprint density at radius 2 is 1.16 bits per heavy atom. The fourth-order valence-corrected chi connectivity index (χ4v) is 6.91. The van der Waals surface area contributed by atoms with E-state index in [0.29, 0.717) is 0 Å². The number of benzene rings is 5. The molecule has 6 aromatic rings. The lowest BCUT2D eigenvalue weighted by atomic mass is 9.77. The zero-order valence-electron chi connectivity index (χ0n) is 21.3. The molecular formula is C35H26N2S. The third kappa shape index (κ3) is 3.82. The summed E-state index contributed by atoms with van der Waals surface area (Å²) < 4.78 is 0. The van der Waals surface area contributed by atoms with Crippen LogP contribution in [0.5, 0.6) is 0 Å². The molecule has 0 amide bonds. The molecule has 0 saturated heterocycles. The van der Waals surface area contributed by atoms with Gasteiger partial charge in [0.1, 0.15) is 0 Å². The van der Waals surface area contributed by atoms with Gasteiger partial charge in [-0.15, -0.1) is 0 Å². The van der Waals surface area contributed by atoms with Crippen molar-refractivity contribution in [1.82, 2.24) is 9.97 Å². The molecule has 0 unspecified atom stereocenters. The average molecular weight is 507 g/mol. The molecule has 0 saturated carbocycles. The lowest BCUT2D eigenvalue weighted by molar-refractivity contribution is 0.607. The monoisotopic (exact) mass is 506 g/mol. The van der Waals surface area contributed by atoms with Gasteiger partial charge in [0, 0.05) is 31.7 Å². The molecule has 1 aromatic heterocycles. The highest BCUT2D eigenvalue weighted by atomic mass is 32.2. The van der Waals surface area contributed by atoms with Gasteiger partial charge in [0.25, 0.3) is 0 Å². The maximum Gasteiger partial charge on any atom is 0.160 e. The van der Waals surface area contributed by atoms with Crippen LogP contribution in [0.25, 0.3) is 44.7 Å². The van der Waals surface area contributed by atoms with Crippen LogP contribution >= 0.6 is 11.8 Å². The van der Waals surface area contributed by atoms with Crippen molar-refractivity contribution in [3.63, 3.8) is 0 Å². The quantitative estimate of drug-likeness (QED) is 0.239. The highest BCUT2D eigenvalue weighted by Gasteiger charge is 2.33. The van der Waals surface area contributed by atoms with Gasteiger partial charge in [-0.05, 0) is 40.5 Å². The first kappa shape index (κ1) is 22.9. The van der Waals surface area contributed by atoms with E-state index in [1.165, 1.54) is 32.0 Å². The molecule has 38 heavy (non-hydrogen) atoms. The summed E-state index contributed by atoms with van der Waals surface area (Å²) in [6.07, 6.45) is 0. The summed E-state index contributed by atoms with van der Waals surface area (Å²) in [6, 6.07) is 42.9. The summed E-state index contributed by atoms with van der Waals surface area (Å²) in [7, 11) is 0. The van der Waals surface area contributed by atoms with Crippen molar-refractivity contribution in [1.29, 1.82) is 0 Å². The standard InChI is InChI=1S/C35H26N2S/c1-35(2)28-13-7-9-15-31(28)38-32-22-26(20-21-29(32)35)34-36-30-14-8-6-12-27(30)33(37-34)25-18-16-24(17-19-25)23-10-4-3-5-11-23/h3-22H,1-2H3. The molecule has 1 aliphatic heterocycles. The lowest BCUT2D eigenvalue weighted by Crippen LogP contribution is -2.23. The molecule has 3 heteroatoms. The predicted molar refractivity (Wildman–Crippen MR) is 159 cm³/mol. The largest absolute Gasteiger partial charge is 0.228 e. The molecular weight excluding hydrogens is 480 g/mol. The molecule has 0 bridgehead atoms. The van der Waals surface area contributed by atoms with Crippen LogP contribution in [-0.4, -0.2) is 9.97 Å². The van der Waals surface area contributed by atoms with Crippen molar-refractivity contribution < 1.29 is 0 Å². The second-order valence-electron chi connectivity index (χ2n) is 10.3. The molecule has 1 aliphatic rings. The van der Waals surface area contributed by atoms with E-state index < -0.39 is 0 Å². The third-order valence-corrected chi connectivity index (χ3v) is 8.70. The van der Waals surface area contributed by atoms with Crippen LogP contribution in [0, 0.1) is 0 Å². The Bertz CT molecular complexity index is 1800. The van der Waals surface area contributed by atoms with E-state index >= 15 is 0 Å². The second kappa shape index (κ2) is 8.97. The Morgan fingerprint density at radius 3 is 2.00 bits per heavy atom. The summed E-state index contributed by atoms with van der Waals surface area (Å²) in [5, 5.41) is 1.06. The topological polar surface area (TPSA) is 25.8 Å². The summed E-state index contributed by atoms with van der Waals surface area (Å²) in [6.45, 7) is 4.63. The summed E-state index contributed by atoms with van der Waals surface area (Å²) in [5.74, 6) is 0.755. The SMILES string of the molecule is CC1(C)c2ccccc2Sc2cc(-c3nc(-c4ccc(-c5ccccc5)cc4)c4ccccc4n3)ccc21. The van der Waals surface area contributed by atoms with Crippen LogP contribution in [0.15, 0.2) is 131 Å². The fourth-order valence-electron chi connectivity index (χ4n) is 5.47. The Morgan fingerprint density at radius 1 is 0.526 bits per heavy atom. The molecule has 7 rings (SSSR count). The van der Waals surface area contributed by atoms with Gasteiger partial charge in [0.15, 0.2) is 5.82 Å². The number of rotatable bonds is 3. The van der Waals surface area contributed by atoms with Gasteiger partial charge in [0.2, 0.25) is 0 Å². The molecule has 2 nitrogen and oxygen atoms in total. The van der Waals surface area contributed by atoms with Gasteiger partial charge >= 0.3 is 0 Å². The van der Waals surface area contributed by atoms with Crippen molar-refractivity contribution in [2.45, 2.75) is 29.1 Å². The van der Waals surface area contributed by atoms with E-state index in [1.807, 2.05) is 23.9 Å². The minimum atomic E-state index is -0.0500. The molecule has 5 aromatic carbocycles. The third-order valence-electron chi connectivity index (χ3n) is 7.56. The first-order valence-corrected chi connectivity index (χ1v) is 13.7. The molecule has 0 aliphatic carbocycles. The lowest BCUT2D eigenvalue weighted by Gasteiger charge is -2.34.